The van der Waals surface area contributed by atoms with Crippen molar-refractivity contribution in [1.29, 1.82) is 0 Å². The Morgan fingerprint density at radius 1 is 0.900 bits per heavy atom. The first-order valence-electron chi connectivity index (χ1n) is 10.2. The number of pyridine rings is 1. The number of carbonyl (C=O) groups excluding carboxylic acids is 1. The Kier molecular flexibility index (Phi) is 3.63. The smallest absolute Gasteiger partial charge is 0.270 e. The van der Waals surface area contributed by atoms with Gasteiger partial charge in [-0.05, 0) is 23.3 Å². The van der Waals surface area contributed by atoms with Crippen molar-refractivity contribution in [1.82, 2.24) is 5.32 Å². The highest BCUT2D eigenvalue weighted by Crippen LogP contribution is 2.46. The van der Waals surface area contributed by atoms with Crippen LogP contribution in [0.1, 0.15) is 22.5 Å². The van der Waals surface area contributed by atoms with Crippen molar-refractivity contribution in [3.8, 4) is 0 Å². The summed E-state index contributed by atoms with van der Waals surface area (Å²) in [6.07, 6.45) is 6.85. The second-order valence-corrected chi connectivity index (χ2v) is 8.63. The quantitative estimate of drug-likeness (QED) is 0.636. The molecule has 6 rings (SSSR count). The number of rotatable bonds is 2. The summed E-state index contributed by atoms with van der Waals surface area (Å²) in [5.41, 5.74) is 2.55. The molecule has 0 radical (unpaired) electrons. The molecule has 1 aromatic heterocycles. The van der Waals surface area contributed by atoms with Gasteiger partial charge in [0.1, 0.15) is 0 Å². The highest BCUT2D eigenvalue weighted by atomic mass is 35.5. The zero-order valence-corrected chi connectivity index (χ0v) is 17.0. The maximum Gasteiger partial charge on any atom is 0.270 e. The number of allylic oxidation sites excluding steroid dienone is 2. The van der Waals surface area contributed by atoms with E-state index < -0.39 is 11.1 Å². The molecule has 1 aliphatic carbocycles. The number of halogens is 1. The van der Waals surface area contributed by atoms with Crippen molar-refractivity contribution < 1.29 is 9.36 Å². The summed E-state index contributed by atoms with van der Waals surface area (Å²) in [5, 5.41) is 4.15. The molecule has 2 atom stereocenters. The average molecular weight is 412 g/mol. The van der Waals surface area contributed by atoms with Gasteiger partial charge in [0.25, 0.3) is 11.6 Å². The van der Waals surface area contributed by atoms with E-state index in [0.29, 0.717) is 0 Å². The lowest BCUT2D eigenvalue weighted by Gasteiger charge is -2.42. The van der Waals surface area contributed by atoms with Gasteiger partial charge in [0.05, 0.1) is 5.92 Å². The largest absolute Gasteiger partial charge is 0.290 e. The Bertz CT molecular complexity index is 1190. The topological polar surface area (TPSA) is 33.0 Å². The minimum Gasteiger partial charge on any atom is -0.290 e. The third-order valence-electron chi connectivity index (χ3n) is 6.74. The minimum absolute atomic E-state index is 0.0139. The van der Waals surface area contributed by atoms with Crippen molar-refractivity contribution in [3.05, 3.63) is 125 Å². The summed E-state index contributed by atoms with van der Waals surface area (Å²) in [6.45, 7) is 0. The molecule has 3 heterocycles. The summed E-state index contributed by atoms with van der Waals surface area (Å²) in [7, 11) is 0. The van der Waals surface area contributed by atoms with Gasteiger partial charge in [-0.1, -0.05) is 78.3 Å². The van der Waals surface area contributed by atoms with Crippen LogP contribution in [0.15, 0.2) is 102 Å². The summed E-state index contributed by atoms with van der Waals surface area (Å²) in [6, 6.07) is 26.5. The van der Waals surface area contributed by atoms with E-state index in [1.54, 1.807) is 0 Å². The number of amides is 1. The molecule has 0 fully saturated rings. The van der Waals surface area contributed by atoms with Crippen molar-refractivity contribution >= 4 is 17.5 Å². The van der Waals surface area contributed by atoms with Crippen LogP contribution in [0.5, 0.6) is 0 Å². The molecular formula is C26H20ClN2O+. The lowest BCUT2D eigenvalue weighted by Crippen LogP contribution is -2.76. The van der Waals surface area contributed by atoms with Crippen molar-refractivity contribution in [2.24, 2.45) is 5.92 Å². The van der Waals surface area contributed by atoms with E-state index in [2.05, 4.69) is 40.2 Å². The van der Waals surface area contributed by atoms with Gasteiger partial charge in [-0.3, -0.25) is 10.1 Å². The van der Waals surface area contributed by atoms with Crippen molar-refractivity contribution in [2.45, 2.75) is 17.5 Å². The first kappa shape index (κ1) is 17.7. The highest BCUT2D eigenvalue weighted by molar-refractivity contribution is 6.31. The van der Waals surface area contributed by atoms with E-state index in [1.807, 2.05) is 66.7 Å². The summed E-state index contributed by atoms with van der Waals surface area (Å²) in [4.78, 5) is 14.2. The van der Waals surface area contributed by atoms with Crippen molar-refractivity contribution in [2.75, 3.05) is 0 Å². The van der Waals surface area contributed by atoms with Gasteiger partial charge in [-0.15, -0.1) is 0 Å². The number of hydrogen-bond donors (Lipinski definition) is 1. The normalized spacial score (nSPS) is 25.2. The Balaban J connectivity index is 1.72. The van der Waals surface area contributed by atoms with E-state index in [9.17, 15) is 4.79 Å². The maximum absolute atomic E-state index is 14.2. The third-order valence-corrected chi connectivity index (χ3v) is 7.00. The Hall–Kier alpha value is -3.17. The lowest BCUT2D eigenvalue weighted by atomic mass is 9.68. The van der Waals surface area contributed by atoms with Crippen LogP contribution >= 0.6 is 11.6 Å². The van der Waals surface area contributed by atoms with Crippen LogP contribution in [0.3, 0.4) is 0 Å². The first-order valence-corrected chi connectivity index (χ1v) is 10.6. The standard InChI is InChI=1S/C26H19ClN2O/c27-21-14-15-25-20(16-21)17-22-12-7-13-23(29(22)25)26(24(30)28-25,18-8-3-1-4-9-18)19-10-5-2-6-11-19/h1-16,20H,17H2/p+1. The van der Waals surface area contributed by atoms with Gasteiger partial charge >= 0.3 is 0 Å². The molecule has 0 saturated heterocycles. The van der Waals surface area contributed by atoms with Gasteiger partial charge < -0.3 is 0 Å². The molecule has 1 spiro atoms. The third kappa shape index (κ3) is 2.11. The molecule has 2 aliphatic heterocycles. The van der Waals surface area contributed by atoms with Crippen LogP contribution < -0.4 is 9.88 Å². The zero-order valence-electron chi connectivity index (χ0n) is 16.3. The molecule has 1 N–H and O–H groups in total. The molecule has 2 aromatic carbocycles. The van der Waals surface area contributed by atoms with E-state index in [1.165, 1.54) is 5.69 Å². The minimum atomic E-state index is -0.933. The van der Waals surface area contributed by atoms with Crippen LogP contribution in [0.4, 0.5) is 0 Å². The SMILES string of the molecule is O=C1NC23C=CC(Cl)=CC2Cc2cccc([n+]23)C1(c1ccccc1)c1ccccc1. The maximum atomic E-state index is 14.2. The molecule has 1 amide bonds. The molecule has 0 saturated carbocycles. The number of aromatic nitrogens is 1. The predicted molar refractivity (Wildman–Crippen MR) is 116 cm³/mol. The van der Waals surface area contributed by atoms with E-state index in [0.717, 1.165) is 28.3 Å². The fourth-order valence-electron chi connectivity index (χ4n) is 5.51. The second-order valence-electron chi connectivity index (χ2n) is 8.19. The predicted octanol–water partition coefficient (Wildman–Crippen LogP) is 3.96. The zero-order chi connectivity index (χ0) is 20.3. The van der Waals surface area contributed by atoms with Crippen LogP contribution in [-0.4, -0.2) is 5.91 Å². The van der Waals surface area contributed by atoms with E-state index in [-0.39, 0.29) is 11.8 Å². The Morgan fingerprint density at radius 3 is 2.23 bits per heavy atom. The van der Waals surface area contributed by atoms with Gasteiger partial charge in [-0.25, -0.2) is 0 Å². The fourth-order valence-corrected chi connectivity index (χ4v) is 5.73. The van der Waals surface area contributed by atoms with Crippen LogP contribution in [0, 0.1) is 5.92 Å². The fraction of sp³-hybridized carbons (Fsp3) is 0.154. The summed E-state index contributed by atoms with van der Waals surface area (Å²) >= 11 is 6.34. The van der Waals surface area contributed by atoms with Crippen molar-refractivity contribution in [3.63, 3.8) is 0 Å². The second kappa shape index (κ2) is 6.16. The monoisotopic (exact) mass is 411 g/mol. The van der Waals surface area contributed by atoms with Gasteiger partial charge in [0.2, 0.25) is 5.69 Å². The van der Waals surface area contributed by atoms with Crippen LogP contribution in [-0.2, 0) is 22.3 Å². The van der Waals surface area contributed by atoms with E-state index in [4.69, 9.17) is 11.6 Å². The molecule has 3 nitrogen and oxygen atoms in total. The number of nitrogens with zero attached hydrogens (tertiary/aromatic N) is 1. The van der Waals surface area contributed by atoms with Crippen LogP contribution in [0.2, 0.25) is 0 Å². The Labute approximate surface area is 180 Å². The lowest BCUT2D eigenvalue weighted by molar-refractivity contribution is -0.765. The van der Waals surface area contributed by atoms with Gasteiger partial charge in [-0.2, -0.15) is 4.57 Å². The number of hydrogen-bond acceptors (Lipinski definition) is 1. The first-order chi connectivity index (χ1) is 14.7. The average Bonchev–Trinajstić information content (AvgIpc) is 3.10. The molecule has 4 heteroatoms. The van der Waals surface area contributed by atoms with Crippen LogP contribution in [0.25, 0.3) is 0 Å². The summed E-state index contributed by atoms with van der Waals surface area (Å²) < 4.78 is 2.33. The summed E-state index contributed by atoms with van der Waals surface area (Å²) in [5.74, 6) is 0.0738. The van der Waals surface area contributed by atoms with Gasteiger partial charge in [0, 0.05) is 29.7 Å². The molecule has 30 heavy (non-hydrogen) atoms. The number of benzene rings is 2. The highest BCUT2D eigenvalue weighted by Gasteiger charge is 2.65. The molecule has 3 aromatic rings. The number of nitrogens with one attached hydrogen (secondary N) is 1. The molecule has 0 bridgehead atoms. The molecular weight excluding hydrogens is 392 g/mol. The number of carbonyl (C=O) groups is 1. The molecule has 3 aliphatic rings. The van der Waals surface area contributed by atoms with Gasteiger partial charge in [0.15, 0.2) is 11.1 Å². The molecule has 146 valence electrons. The van der Waals surface area contributed by atoms with E-state index >= 15 is 0 Å². The Morgan fingerprint density at radius 2 is 1.57 bits per heavy atom. The molecule has 2 unspecified atom stereocenters.